The molecule has 0 saturated carbocycles. The molecule has 0 spiro atoms. The van der Waals surface area contributed by atoms with Crippen LogP contribution in [-0.4, -0.2) is 39.1 Å². The van der Waals surface area contributed by atoms with Crippen molar-refractivity contribution in [2.24, 2.45) is 7.05 Å². The fourth-order valence-electron chi connectivity index (χ4n) is 2.75. The van der Waals surface area contributed by atoms with Gasteiger partial charge >= 0.3 is 0 Å². The average molecular weight is 450 g/mol. The molecule has 162 valence electrons. The molecule has 0 aliphatic rings. The van der Waals surface area contributed by atoms with Gasteiger partial charge in [-0.3, -0.25) is 0 Å². The van der Waals surface area contributed by atoms with E-state index in [2.05, 4.69) is 58.1 Å². The largest absolute Gasteiger partial charge is 0.490 e. The van der Waals surface area contributed by atoms with E-state index in [1.807, 2.05) is 26.1 Å². The van der Waals surface area contributed by atoms with Crippen LogP contribution in [0, 0.1) is 6.92 Å². The highest BCUT2D eigenvalue weighted by molar-refractivity contribution is 7.99. The second-order valence-electron chi connectivity index (χ2n) is 6.56. The SMILES string of the molecule is CCOc1cccc(CNCCSc2nnnn2C)c1OCc1ccc(C)cc1.Cl. The third-order valence-electron chi connectivity index (χ3n) is 4.27. The van der Waals surface area contributed by atoms with Crippen LogP contribution in [0.15, 0.2) is 47.6 Å². The number of para-hydroxylation sites is 1. The number of hydrogen-bond acceptors (Lipinski definition) is 7. The van der Waals surface area contributed by atoms with E-state index in [1.165, 1.54) is 5.56 Å². The number of nitrogens with one attached hydrogen (secondary N) is 1. The van der Waals surface area contributed by atoms with E-state index >= 15 is 0 Å². The fraction of sp³-hybridized carbons (Fsp3) is 0.381. The first-order valence-electron chi connectivity index (χ1n) is 9.66. The van der Waals surface area contributed by atoms with Crippen LogP contribution in [0.1, 0.15) is 23.6 Å². The zero-order chi connectivity index (χ0) is 20.5. The lowest BCUT2D eigenvalue weighted by molar-refractivity contribution is 0.266. The molecule has 1 heterocycles. The summed E-state index contributed by atoms with van der Waals surface area (Å²) >= 11 is 1.62. The van der Waals surface area contributed by atoms with Crippen LogP contribution in [0.4, 0.5) is 0 Å². The van der Waals surface area contributed by atoms with E-state index in [0.29, 0.717) is 19.8 Å². The molecule has 0 atom stereocenters. The Morgan fingerprint density at radius 3 is 2.60 bits per heavy atom. The van der Waals surface area contributed by atoms with Gasteiger partial charge in [0, 0.05) is 31.5 Å². The summed E-state index contributed by atoms with van der Waals surface area (Å²) in [4.78, 5) is 0. The van der Waals surface area contributed by atoms with Gasteiger partial charge in [0.1, 0.15) is 6.61 Å². The summed E-state index contributed by atoms with van der Waals surface area (Å²) in [6.45, 7) is 6.69. The van der Waals surface area contributed by atoms with Crippen LogP contribution in [0.25, 0.3) is 0 Å². The lowest BCUT2D eigenvalue weighted by Crippen LogP contribution is -2.17. The molecule has 3 rings (SSSR count). The summed E-state index contributed by atoms with van der Waals surface area (Å²) in [5.74, 6) is 2.45. The summed E-state index contributed by atoms with van der Waals surface area (Å²) in [5.41, 5.74) is 3.45. The topological polar surface area (TPSA) is 74.1 Å². The molecule has 7 nitrogen and oxygen atoms in total. The van der Waals surface area contributed by atoms with Gasteiger partial charge in [-0.25, -0.2) is 4.68 Å². The van der Waals surface area contributed by atoms with E-state index in [0.717, 1.165) is 40.1 Å². The molecule has 1 aromatic heterocycles. The van der Waals surface area contributed by atoms with Crippen LogP contribution in [0.5, 0.6) is 11.5 Å². The standard InChI is InChI=1S/C21H27N5O2S.ClH/c1-4-27-19-7-5-6-18(14-22-12-13-29-21-23-24-25-26(21)3)20(19)28-15-17-10-8-16(2)9-11-17;/h5-11,22H,4,12-15H2,1-3H3;1H. The van der Waals surface area contributed by atoms with E-state index in [4.69, 9.17) is 9.47 Å². The molecule has 0 aliphatic heterocycles. The van der Waals surface area contributed by atoms with Crippen molar-refractivity contribution in [1.82, 2.24) is 25.5 Å². The van der Waals surface area contributed by atoms with Crippen molar-refractivity contribution < 1.29 is 9.47 Å². The van der Waals surface area contributed by atoms with Crippen molar-refractivity contribution in [2.75, 3.05) is 18.9 Å². The summed E-state index contributed by atoms with van der Waals surface area (Å²) < 4.78 is 13.6. The van der Waals surface area contributed by atoms with E-state index in [1.54, 1.807) is 16.4 Å². The molecule has 0 amide bonds. The van der Waals surface area contributed by atoms with Gasteiger partial charge in [0.05, 0.1) is 6.61 Å². The Morgan fingerprint density at radius 2 is 1.90 bits per heavy atom. The number of thioether (sulfide) groups is 1. The molecule has 1 N–H and O–H groups in total. The molecular formula is C21H28ClN5O2S. The molecular weight excluding hydrogens is 422 g/mol. The molecule has 3 aromatic rings. The van der Waals surface area contributed by atoms with Crippen LogP contribution < -0.4 is 14.8 Å². The van der Waals surface area contributed by atoms with Crippen molar-refractivity contribution in [3.05, 3.63) is 59.2 Å². The number of ether oxygens (including phenoxy) is 2. The Labute approximate surface area is 188 Å². The Hall–Kier alpha value is -2.29. The van der Waals surface area contributed by atoms with Gasteiger partial charge in [-0.1, -0.05) is 53.7 Å². The molecule has 2 aromatic carbocycles. The van der Waals surface area contributed by atoms with Crippen molar-refractivity contribution in [3.8, 4) is 11.5 Å². The number of rotatable bonds is 11. The Kier molecular flexibility index (Phi) is 9.93. The minimum absolute atomic E-state index is 0. The smallest absolute Gasteiger partial charge is 0.209 e. The molecule has 0 fully saturated rings. The Morgan fingerprint density at radius 1 is 1.10 bits per heavy atom. The highest BCUT2D eigenvalue weighted by Crippen LogP contribution is 2.32. The second kappa shape index (κ2) is 12.4. The highest BCUT2D eigenvalue weighted by Gasteiger charge is 2.11. The minimum atomic E-state index is 0. The van der Waals surface area contributed by atoms with Gasteiger partial charge < -0.3 is 14.8 Å². The monoisotopic (exact) mass is 449 g/mol. The van der Waals surface area contributed by atoms with Crippen molar-refractivity contribution in [3.63, 3.8) is 0 Å². The van der Waals surface area contributed by atoms with Crippen LogP contribution in [0.3, 0.4) is 0 Å². The first kappa shape index (κ1) is 24.0. The predicted octanol–water partition coefficient (Wildman–Crippen LogP) is 3.80. The van der Waals surface area contributed by atoms with E-state index in [-0.39, 0.29) is 12.4 Å². The number of nitrogens with zero attached hydrogens (tertiary/aromatic N) is 4. The lowest BCUT2D eigenvalue weighted by Gasteiger charge is -2.16. The number of hydrogen-bond donors (Lipinski definition) is 1. The molecule has 9 heteroatoms. The molecule has 30 heavy (non-hydrogen) atoms. The van der Waals surface area contributed by atoms with Crippen molar-refractivity contribution in [2.45, 2.75) is 32.2 Å². The number of halogens is 1. The Balaban J connectivity index is 0.00000320. The van der Waals surface area contributed by atoms with E-state index < -0.39 is 0 Å². The third-order valence-corrected chi connectivity index (χ3v) is 5.28. The number of aryl methyl sites for hydroxylation is 2. The highest BCUT2D eigenvalue weighted by atomic mass is 35.5. The van der Waals surface area contributed by atoms with Crippen molar-refractivity contribution in [1.29, 1.82) is 0 Å². The molecule has 0 saturated heterocycles. The van der Waals surface area contributed by atoms with Gasteiger partial charge in [0.25, 0.3) is 0 Å². The normalized spacial score (nSPS) is 10.5. The molecule has 0 unspecified atom stereocenters. The second-order valence-corrected chi connectivity index (χ2v) is 7.62. The van der Waals surface area contributed by atoms with Crippen molar-refractivity contribution >= 4 is 24.2 Å². The van der Waals surface area contributed by atoms with Crippen LogP contribution in [-0.2, 0) is 20.2 Å². The minimum Gasteiger partial charge on any atom is -0.490 e. The molecule has 0 bridgehead atoms. The third kappa shape index (κ3) is 6.90. The van der Waals surface area contributed by atoms with Crippen LogP contribution >= 0.6 is 24.2 Å². The zero-order valence-corrected chi connectivity index (χ0v) is 19.1. The maximum atomic E-state index is 6.18. The van der Waals surface area contributed by atoms with Gasteiger partial charge in [-0.15, -0.1) is 17.5 Å². The molecule has 0 radical (unpaired) electrons. The number of benzene rings is 2. The summed E-state index contributed by atoms with van der Waals surface area (Å²) in [5, 5.41) is 15.7. The lowest BCUT2D eigenvalue weighted by atomic mass is 10.1. The van der Waals surface area contributed by atoms with Gasteiger partial charge in [0.15, 0.2) is 11.5 Å². The predicted molar refractivity (Wildman–Crippen MR) is 122 cm³/mol. The van der Waals surface area contributed by atoms with E-state index in [9.17, 15) is 0 Å². The van der Waals surface area contributed by atoms with Gasteiger partial charge in [-0.2, -0.15) is 0 Å². The quantitative estimate of drug-likeness (QED) is 0.352. The maximum absolute atomic E-state index is 6.18. The number of tetrazole rings is 1. The first-order valence-corrected chi connectivity index (χ1v) is 10.6. The number of aromatic nitrogens is 4. The zero-order valence-electron chi connectivity index (χ0n) is 17.5. The fourth-order valence-corrected chi connectivity index (χ4v) is 3.50. The summed E-state index contributed by atoms with van der Waals surface area (Å²) in [7, 11) is 1.84. The Bertz CT molecular complexity index is 905. The molecule has 0 aliphatic carbocycles. The van der Waals surface area contributed by atoms with Crippen LogP contribution in [0.2, 0.25) is 0 Å². The van der Waals surface area contributed by atoms with Gasteiger partial charge in [-0.05, 0) is 35.9 Å². The maximum Gasteiger partial charge on any atom is 0.209 e. The average Bonchev–Trinajstić information content (AvgIpc) is 3.13. The summed E-state index contributed by atoms with van der Waals surface area (Å²) in [6.07, 6.45) is 0. The van der Waals surface area contributed by atoms with Gasteiger partial charge in [0.2, 0.25) is 5.16 Å². The summed E-state index contributed by atoms with van der Waals surface area (Å²) in [6, 6.07) is 14.4. The first-order chi connectivity index (χ1) is 14.2.